The molecule has 3 aromatic rings. The van der Waals surface area contributed by atoms with Crippen LogP contribution in [-0.4, -0.2) is 28.0 Å². The van der Waals surface area contributed by atoms with Gasteiger partial charge in [-0.15, -0.1) is 12.4 Å². The molecular formula is C22H27Cl2N3O2. The number of Topliss-reactive ketones (excluding diaryl/α,β-unsaturated/α-hetero) is 1. The third-order valence-corrected chi connectivity index (χ3v) is 5.50. The number of rotatable bonds is 9. The molecule has 0 saturated heterocycles. The van der Waals surface area contributed by atoms with Gasteiger partial charge in [0.15, 0.2) is 5.78 Å². The number of unbranched alkanes of at least 4 members (excludes halogenated alkanes) is 1. The Bertz CT molecular complexity index is 1040. The molecule has 0 aliphatic heterocycles. The van der Waals surface area contributed by atoms with Crippen molar-refractivity contribution in [1.82, 2.24) is 14.5 Å². The van der Waals surface area contributed by atoms with Crippen molar-refractivity contribution >= 4 is 40.8 Å². The normalized spacial score (nSPS) is 10.9. The van der Waals surface area contributed by atoms with E-state index in [1.165, 1.54) is 0 Å². The Labute approximate surface area is 182 Å². The van der Waals surface area contributed by atoms with Crippen molar-refractivity contribution in [3.05, 3.63) is 69.1 Å². The summed E-state index contributed by atoms with van der Waals surface area (Å²) in [5, 5.41) is 4.21. The first kappa shape index (κ1) is 23.2. The fourth-order valence-corrected chi connectivity index (χ4v) is 3.64. The molecule has 1 N–H and O–H groups in total. The summed E-state index contributed by atoms with van der Waals surface area (Å²) in [5.74, 6) is 0.120. The van der Waals surface area contributed by atoms with Crippen molar-refractivity contribution in [2.24, 2.45) is 14.1 Å². The van der Waals surface area contributed by atoms with Crippen LogP contribution in [0.15, 0.2) is 47.3 Å². The molecule has 0 unspecified atom stereocenters. The summed E-state index contributed by atoms with van der Waals surface area (Å²) in [5.41, 5.74) is 3.37. The van der Waals surface area contributed by atoms with Crippen LogP contribution in [0.25, 0.3) is 11.0 Å². The van der Waals surface area contributed by atoms with Gasteiger partial charge in [0.05, 0.1) is 11.0 Å². The quantitative estimate of drug-likeness (QED) is 0.405. The van der Waals surface area contributed by atoms with Gasteiger partial charge >= 0.3 is 5.69 Å². The van der Waals surface area contributed by atoms with E-state index in [2.05, 4.69) is 5.32 Å². The molecule has 0 bridgehead atoms. The number of imidazole rings is 1. The van der Waals surface area contributed by atoms with Gasteiger partial charge in [-0.3, -0.25) is 13.9 Å². The number of fused-ring (bicyclic) bond motifs is 1. The lowest BCUT2D eigenvalue weighted by molar-refractivity contribution is 0.0979. The molecule has 5 nitrogen and oxygen atoms in total. The van der Waals surface area contributed by atoms with Crippen LogP contribution >= 0.6 is 24.0 Å². The number of hydrogen-bond acceptors (Lipinski definition) is 3. The van der Waals surface area contributed by atoms with Crippen molar-refractivity contribution < 1.29 is 4.79 Å². The maximum absolute atomic E-state index is 12.5. The van der Waals surface area contributed by atoms with Crippen LogP contribution in [0.1, 0.15) is 35.2 Å². The van der Waals surface area contributed by atoms with Crippen molar-refractivity contribution in [2.45, 2.75) is 25.7 Å². The van der Waals surface area contributed by atoms with E-state index in [4.69, 9.17) is 11.6 Å². The van der Waals surface area contributed by atoms with E-state index in [0.29, 0.717) is 12.0 Å². The Morgan fingerprint density at radius 2 is 1.72 bits per heavy atom. The zero-order chi connectivity index (χ0) is 20.1. The highest BCUT2D eigenvalue weighted by Crippen LogP contribution is 2.16. The lowest BCUT2D eigenvalue weighted by atomic mass is 10.0. The minimum absolute atomic E-state index is 0. The standard InChI is InChI=1S/C22H26ClN3O2.ClH/c1-25-19-11-10-17(15-20(19)26(2)22(25)28)21(27)9-5-6-13-24-14-12-16-7-3-4-8-18(16)23;/h3-4,7-8,10-11,15,24H,5-6,9,12-14H2,1-2H3;1H. The van der Waals surface area contributed by atoms with E-state index in [9.17, 15) is 9.59 Å². The molecule has 29 heavy (non-hydrogen) atoms. The Hall–Kier alpha value is -2.08. The molecule has 2 aromatic carbocycles. The highest BCUT2D eigenvalue weighted by atomic mass is 35.5. The number of aryl methyl sites for hydroxylation is 2. The summed E-state index contributed by atoms with van der Waals surface area (Å²) in [4.78, 5) is 24.5. The van der Waals surface area contributed by atoms with Crippen LogP contribution in [0.4, 0.5) is 0 Å². The van der Waals surface area contributed by atoms with Crippen molar-refractivity contribution in [3.8, 4) is 0 Å². The lowest BCUT2D eigenvalue weighted by Crippen LogP contribution is -2.19. The number of nitrogens with one attached hydrogen (secondary N) is 1. The summed E-state index contributed by atoms with van der Waals surface area (Å²) in [6, 6.07) is 13.4. The van der Waals surface area contributed by atoms with Crippen molar-refractivity contribution in [1.29, 1.82) is 0 Å². The molecule has 156 valence electrons. The summed E-state index contributed by atoms with van der Waals surface area (Å²) in [6.07, 6.45) is 3.19. The largest absolute Gasteiger partial charge is 0.328 e. The molecule has 3 rings (SSSR count). The van der Waals surface area contributed by atoms with Crippen LogP contribution in [0, 0.1) is 0 Å². The maximum atomic E-state index is 12.5. The fraction of sp³-hybridized carbons (Fsp3) is 0.364. The third kappa shape index (κ3) is 5.50. The molecule has 0 fully saturated rings. The lowest BCUT2D eigenvalue weighted by Gasteiger charge is -2.06. The monoisotopic (exact) mass is 435 g/mol. The van der Waals surface area contributed by atoms with Crippen LogP contribution in [0.5, 0.6) is 0 Å². The minimum Gasteiger partial charge on any atom is -0.316 e. The predicted octanol–water partition coefficient (Wildman–Crippen LogP) is 4.14. The molecule has 1 heterocycles. The van der Waals surface area contributed by atoms with Crippen molar-refractivity contribution in [3.63, 3.8) is 0 Å². The second-order valence-corrected chi connectivity index (χ2v) is 7.48. The summed E-state index contributed by atoms with van der Waals surface area (Å²) < 4.78 is 3.17. The van der Waals surface area contributed by atoms with Crippen LogP contribution < -0.4 is 11.0 Å². The maximum Gasteiger partial charge on any atom is 0.328 e. The molecule has 0 saturated carbocycles. The number of carbonyl (C=O) groups is 1. The van der Waals surface area contributed by atoms with Crippen molar-refractivity contribution in [2.75, 3.05) is 13.1 Å². The smallest absolute Gasteiger partial charge is 0.316 e. The van der Waals surface area contributed by atoms with Gasteiger partial charge < -0.3 is 5.32 Å². The SMILES string of the molecule is Cl.Cn1c(=O)n(C)c2cc(C(=O)CCCCNCCc3ccccc3Cl)ccc21. The van der Waals surface area contributed by atoms with Gasteiger partial charge in [-0.05, 0) is 62.2 Å². The molecule has 0 atom stereocenters. The average Bonchev–Trinajstić information content (AvgIpc) is 2.92. The van der Waals surface area contributed by atoms with Gasteiger partial charge in [0.2, 0.25) is 0 Å². The highest BCUT2D eigenvalue weighted by molar-refractivity contribution is 6.31. The number of aromatic nitrogens is 2. The average molecular weight is 436 g/mol. The minimum atomic E-state index is -0.0811. The van der Waals surface area contributed by atoms with E-state index in [1.54, 1.807) is 23.2 Å². The summed E-state index contributed by atoms with van der Waals surface area (Å²) >= 11 is 6.15. The number of hydrogen-bond donors (Lipinski definition) is 1. The molecule has 0 spiro atoms. The van der Waals surface area contributed by atoms with E-state index in [1.807, 2.05) is 42.5 Å². The van der Waals surface area contributed by atoms with Crippen LogP contribution in [0.3, 0.4) is 0 Å². The van der Waals surface area contributed by atoms with E-state index in [-0.39, 0.29) is 23.9 Å². The molecular weight excluding hydrogens is 409 g/mol. The van der Waals surface area contributed by atoms with E-state index >= 15 is 0 Å². The van der Waals surface area contributed by atoms with E-state index < -0.39 is 0 Å². The van der Waals surface area contributed by atoms with Gasteiger partial charge in [-0.2, -0.15) is 0 Å². The third-order valence-electron chi connectivity index (χ3n) is 5.13. The summed E-state index contributed by atoms with van der Waals surface area (Å²) in [7, 11) is 3.47. The molecule has 0 radical (unpaired) electrons. The highest BCUT2D eigenvalue weighted by Gasteiger charge is 2.11. The second kappa shape index (κ2) is 10.6. The zero-order valence-corrected chi connectivity index (χ0v) is 18.4. The van der Waals surface area contributed by atoms with E-state index in [0.717, 1.165) is 54.0 Å². The number of carbonyl (C=O) groups excluding carboxylic acids is 1. The number of ketones is 1. The molecule has 0 aliphatic carbocycles. The predicted molar refractivity (Wildman–Crippen MR) is 122 cm³/mol. The van der Waals surface area contributed by atoms with Gasteiger partial charge in [0.25, 0.3) is 0 Å². The summed E-state index contributed by atoms with van der Waals surface area (Å²) in [6.45, 7) is 1.75. The van der Waals surface area contributed by atoms with Gasteiger partial charge in [-0.25, -0.2) is 4.79 Å². The first-order valence-electron chi connectivity index (χ1n) is 9.62. The topological polar surface area (TPSA) is 56.0 Å². The van der Waals surface area contributed by atoms with Crippen LogP contribution in [-0.2, 0) is 20.5 Å². The molecule has 0 amide bonds. The Balaban J connectivity index is 0.00000300. The van der Waals surface area contributed by atoms with Gasteiger partial charge in [0, 0.05) is 31.1 Å². The fourth-order valence-electron chi connectivity index (χ4n) is 3.41. The van der Waals surface area contributed by atoms with Gasteiger partial charge in [0.1, 0.15) is 0 Å². The Morgan fingerprint density at radius 3 is 2.48 bits per heavy atom. The Kier molecular flexibility index (Phi) is 8.50. The Morgan fingerprint density at radius 1 is 1.00 bits per heavy atom. The number of nitrogens with zero attached hydrogens (tertiary/aromatic N) is 2. The first-order valence-corrected chi connectivity index (χ1v) is 9.99. The molecule has 0 aliphatic rings. The molecule has 1 aromatic heterocycles. The first-order chi connectivity index (χ1) is 13.5. The number of halogens is 2. The second-order valence-electron chi connectivity index (χ2n) is 7.08. The van der Waals surface area contributed by atoms with Gasteiger partial charge in [-0.1, -0.05) is 29.8 Å². The number of benzene rings is 2. The van der Waals surface area contributed by atoms with Crippen LogP contribution in [0.2, 0.25) is 5.02 Å². The molecule has 7 heteroatoms. The zero-order valence-electron chi connectivity index (χ0n) is 16.8.